The van der Waals surface area contributed by atoms with Gasteiger partial charge in [0.05, 0.1) is 17.7 Å². The fourth-order valence-corrected chi connectivity index (χ4v) is 3.26. The predicted molar refractivity (Wildman–Crippen MR) is 96.2 cm³/mol. The second-order valence-corrected chi connectivity index (χ2v) is 6.63. The van der Waals surface area contributed by atoms with E-state index < -0.39 is 35.8 Å². The van der Waals surface area contributed by atoms with Crippen molar-refractivity contribution in [2.75, 3.05) is 6.61 Å². The summed E-state index contributed by atoms with van der Waals surface area (Å²) in [5.41, 5.74) is 0.789. The van der Waals surface area contributed by atoms with Gasteiger partial charge in [0.2, 0.25) is 11.8 Å². The monoisotopic (exact) mass is 387 g/mol. The maximum Gasteiger partial charge on any atom is 0.407 e. The van der Waals surface area contributed by atoms with E-state index in [1.165, 1.54) is 6.07 Å². The number of hydrogen-bond acceptors (Lipinski definition) is 6. The first-order chi connectivity index (χ1) is 13.4. The second kappa shape index (κ2) is 8.20. The lowest BCUT2D eigenvalue weighted by atomic mass is 10.0. The highest BCUT2D eigenvalue weighted by Crippen LogP contribution is 2.29. The van der Waals surface area contributed by atoms with Crippen LogP contribution in [-0.2, 0) is 20.9 Å². The van der Waals surface area contributed by atoms with E-state index >= 15 is 0 Å². The smallest absolute Gasteiger partial charge is 0.407 e. The first-order valence-electron chi connectivity index (χ1n) is 9.18. The zero-order valence-corrected chi connectivity index (χ0v) is 15.4. The average molecular weight is 387 g/mol. The minimum Gasteiger partial charge on any atom is -0.450 e. The number of piperidine rings is 1. The number of nitrogens with zero attached hydrogens (tertiary/aromatic N) is 1. The Morgan fingerprint density at radius 1 is 1.25 bits per heavy atom. The Morgan fingerprint density at radius 3 is 2.75 bits per heavy atom. The number of alkyl carbamates (subject to hydrolysis) is 1. The number of carbonyl (C=O) groups is 5. The fourth-order valence-electron chi connectivity index (χ4n) is 3.26. The van der Waals surface area contributed by atoms with Gasteiger partial charge in [-0.15, -0.1) is 0 Å². The van der Waals surface area contributed by atoms with Gasteiger partial charge in [-0.2, -0.15) is 0 Å². The van der Waals surface area contributed by atoms with E-state index in [4.69, 9.17) is 4.74 Å². The summed E-state index contributed by atoms with van der Waals surface area (Å²) in [7, 11) is 0. The van der Waals surface area contributed by atoms with Crippen molar-refractivity contribution in [3.05, 3.63) is 34.9 Å². The molecule has 28 heavy (non-hydrogen) atoms. The Bertz CT molecular complexity index is 850. The number of unbranched alkanes of at least 4 members (excludes halogenated alkanes) is 1. The van der Waals surface area contributed by atoms with Gasteiger partial charge in [0.25, 0.3) is 11.8 Å². The van der Waals surface area contributed by atoms with Crippen LogP contribution < -0.4 is 10.6 Å². The fraction of sp³-hybridized carbons (Fsp3) is 0.421. The van der Waals surface area contributed by atoms with Crippen LogP contribution in [0.3, 0.4) is 0 Å². The molecular formula is C19H21N3O6. The number of fused-ring (bicyclic) bond motifs is 1. The maximum absolute atomic E-state index is 12.9. The van der Waals surface area contributed by atoms with E-state index in [-0.39, 0.29) is 30.5 Å². The summed E-state index contributed by atoms with van der Waals surface area (Å²) in [6.45, 7) is 2.29. The molecule has 1 aromatic rings. The highest BCUT2D eigenvalue weighted by Gasteiger charge is 2.45. The van der Waals surface area contributed by atoms with E-state index in [9.17, 15) is 24.0 Å². The Kier molecular flexibility index (Phi) is 5.72. The molecule has 9 heteroatoms. The largest absolute Gasteiger partial charge is 0.450 e. The van der Waals surface area contributed by atoms with E-state index in [1.807, 2.05) is 6.92 Å². The van der Waals surface area contributed by atoms with Crippen LogP contribution in [0, 0.1) is 0 Å². The third-order valence-corrected chi connectivity index (χ3v) is 4.71. The standard InChI is InChI=1S/C19H21N3O6/c1-2-3-9-28-19(27)20-10-11-5-4-6-12-15(11)18(26)22(17(12)25)13-7-8-14(23)21-16(13)24/h4-6,13H,2-3,7-10H2,1H3,(H,20,27)(H,21,23,24)/t13-/m1/s1. The topological polar surface area (TPSA) is 122 Å². The molecule has 0 aliphatic carbocycles. The van der Waals surface area contributed by atoms with Gasteiger partial charge in [-0.1, -0.05) is 25.5 Å². The highest BCUT2D eigenvalue weighted by atomic mass is 16.5. The minimum atomic E-state index is -1.02. The summed E-state index contributed by atoms with van der Waals surface area (Å²) < 4.78 is 5.01. The molecule has 0 saturated carbocycles. The predicted octanol–water partition coefficient (Wildman–Crippen LogP) is 1.11. The molecular weight excluding hydrogens is 366 g/mol. The summed E-state index contributed by atoms with van der Waals surface area (Å²) >= 11 is 0. The number of benzene rings is 1. The highest BCUT2D eigenvalue weighted by molar-refractivity contribution is 6.24. The molecule has 1 fully saturated rings. The van der Waals surface area contributed by atoms with Crippen LogP contribution in [-0.4, -0.2) is 47.3 Å². The number of hydrogen-bond donors (Lipinski definition) is 2. The van der Waals surface area contributed by atoms with Gasteiger partial charge in [0, 0.05) is 13.0 Å². The zero-order chi connectivity index (χ0) is 20.3. The Balaban J connectivity index is 1.76. The molecule has 1 aromatic carbocycles. The second-order valence-electron chi connectivity index (χ2n) is 6.63. The molecule has 5 amide bonds. The van der Waals surface area contributed by atoms with Gasteiger partial charge in [0.15, 0.2) is 0 Å². The van der Waals surface area contributed by atoms with Crippen molar-refractivity contribution in [1.29, 1.82) is 0 Å². The number of ether oxygens (including phenoxy) is 1. The molecule has 9 nitrogen and oxygen atoms in total. The van der Waals surface area contributed by atoms with E-state index in [0.29, 0.717) is 12.2 Å². The lowest BCUT2D eigenvalue weighted by molar-refractivity contribution is -0.136. The Labute approximate surface area is 161 Å². The van der Waals surface area contributed by atoms with E-state index in [2.05, 4.69) is 10.6 Å². The van der Waals surface area contributed by atoms with Crippen LogP contribution in [0.4, 0.5) is 4.79 Å². The van der Waals surface area contributed by atoms with E-state index in [0.717, 1.165) is 17.7 Å². The van der Waals surface area contributed by atoms with Crippen molar-refractivity contribution in [2.45, 2.75) is 45.2 Å². The van der Waals surface area contributed by atoms with Crippen LogP contribution in [0.25, 0.3) is 0 Å². The molecule has 0 radical (unpaired) electrons. The molecule has 148 valence electrons. The zero-order valence-electron chi connectivity index (χ0n) is 15.4. The molecule has 3 rings (SSSR count). The third-order valence-electron chi connectivity index (χ3n) is 4.71. The summed E-state index contributed by atoms with van der Waals surface area (Å²) in [6, 6.07) is 3.72. The van der Waals surface area contributed by atoms with Crippen LogP contribution in [0.1, 0.15) is 58.9 Å². The number of carbonyl (C=O) groups excluding carboxylic acids is 5. The van der Waals surface area contributed by atoms with Crippen LogP contribution in [0.2, 0.25) is 0 Å². The first kappa shape index (κ1) is 19.5. The number of rotatable bonds is 6. The number of amides is 5. The Hall–Kier alpha value is -3.23. The maximum atomic E-state index is 12.9. The molecule has 0 aromatic heterocycles. The van der Waals surface area contributed by atoms with Crippen molar-refractivity contribution in [1.82, 2.24) is 15.5 Å². The summed E-state index contributed by atoms with van der Waals surface area (Å²) in [6.07, 6.45) is 1.19. The molecule has 0 spiro atoms. The molecule has 2 aliphatic rings. The first-order valence-corrected chi connectivity index (χ1v) is 9.18. The normalized spacial score (nSPS) is 18.8. The van der Waals surface area contributed by atoms with Gasteiger partial charge < -0.3 is 10.1 Å². The summed E-state index contributed by atoms with van der Waals surface area (Å²) in [5.74, 6) is -2.28. The number of imide groups is 2. The van der Waals surface area contributed by atoms with Crippen molar-refractivity contribution in [3.8, 4) is 0 Å². The van der Waals surface area contributed by atoms with Gasteiger partial charge >= 0.3 is 6.09 Å². The number of nitrogens with one attached hydrogen (secondary N) is 2. The van der Waals surface area contributed by atoms with E-state index in [1.54, 1.807) is 12.1 Å². The summed E-state index contributed by atoms with van der Waals surface area (Å²) in [5, 5.41) is 4.72. The average Bonchev–Trinajstić information content (AvgIpc) is 2.92. The molecule has 0 bridgehead atoms. The van der Waals surface area contributed by atoms with Gasteiger partial charge in [-0.25, -0.2) is 4.79 Å². The van der Waals surface area contributed by atoms with Crippen molar-refractivity contribution >= 4 is 29.7 Å². The van der Waals surface area contributed by atoms with Crippen molar-refractivity contribution in [3.63, 3.8) is 0 Å². The van der Waals surface area contributed by atoms with Crippen LogP contribution in [0.5, 0.6) is 0 Å². The van der Waals surface area contributed by atoms with Crippen molar-refractivity contribution < 1.29 is 28.7 Å². The van der Waals surface area contributed by atoms with Gasteiger partial charge in [0.1, 0.15) is 6.04 Å². The quantitative estimate of drug-likeness (QED) is 0.557. The molecule has 1 atom stereocenters. The van der Waals surface area contributed by atoms with Gasteiger partial charge in [-0.3, -0.25) is 29.4 Å². The SMILES string of the molecule is CCCCOC(=O)NCc1cccc2c1C(=O)N([C@@H]1CCC(=O)NC1=O)C2=O. The molecule has 2 heterocycles. The lowest BCUT2D eigenvalue weighted by Gasteiger charge is -2.27. The van der Waals surface area contributed by atoms with Gasteiger partial charge in [-0.05, 0) is 24.5 Å². The lowest BCUT2D eigenvalue weighted by Crippen LogP contribution is -2.54. The van der Waals surface area contributed by atoms with Crippen molar-refractivity contribution in [2.24, 2.45) is 0 Å². The minimum absolute atomic E-state index is 0.0103. The third kappa shape index (κ3) is 3.73. The molecule has 2 aliphatic heterocycles. The molecule has 2 N–H and O–H groups in total. The summed E-state index contributed by atoms with van der Waals surface area (Å²) in [4.78, 5) is 61.7. The molecule has 1 saturated heterocycles. The van der Waals surface area contributed by atoms with Crippen LogP contribution >= 0.6 is 0 Å². The van der Waals surface area contributed by atoms with Crippen LogP contribution in [0.15, 0.2) is 18.2 Å². The Morgan fingerprint density at radius 2 is 2.04 bits per heavy atom. The molecule has 0 unspecified atom stereocenters.